The number of hydrogen-bond donors (Lipinski definition) is 2. The molecule has 0 spiro atoms. The number of aliphatic imine (C=N–C) groups is 1. The van der Waals surface area contributed by atoms with Crippen molar-refractivity contribution in [3.8, 4) is 0 Å². The molecule has 2 unspecified atom stereocenters. The Balaban J connectivity index is 0.00000166. The first-order chi connectivity index (χ1) is 14.9. The minimum Gasteiger partial charge on any atom is -0.369 e. The Hall–Kier alpha value is -2.74. The molecule has 8 heteroatoms. The van der Waals surface area contributed by atoms with Crippen molar-refractivity contribution in [2.24, 2.45) is 10.7 Å². The first-order valence-electron chi connectivity index (χ1n) is 10.7. The predicted molar refractivity (Wildman–Crippen MR) is 128 cm³/mol. The Labute approximate surface area is 187 Å². The average Bonchev–Trinajstić information content (AvgIpc) is 2.78. The van der Waals surface area contributed by atoms with Gasteiger partial charge in [-0.1, -0.05) is 39.3 Å². The summed E-state index contributed by atoms with van der Waals surface area (Å²) >= 11 is 0. The number of nitrogens with two attached hydrogens (primary N) is 1. The molecule has 3 rings (SSSR count). The fraction of sp³-hybridized carbons (Fsp3) is 0.435. The molecule has 0 radical (unpaired) electrons. The maximum absolute atomic E-state index is 12.5. The van der Waals surface area contributed by atoms with E-state index in [1.807, 2.05) is 45.0 Å². The van der Waals surface area contributed by atoms with E-state index in [1.54, 1.807) is 19.3 Å². The molecular formula is C23H33N5O2S. The number of aromatic nitrogens is 1. The van der Waals surface area contributed by atoms with Crippen molar-refractivity contribution in [3.05, 3.63) is 58.9 Å². The normalized spacial score (nSPS) is 18.0. The van der Waals surface area contributed by atoms with Crippen molar-refractivity contribution in [2.75, 3.05) is 18.1 Å². The largest absolute Gasteiger partial charge is 0.369 e. The van der Waals surface area contributed by atoms with E-state index in [0.29, 0.717) is 17.1 Å². The van der Waals surface area contributed by atoms with Gasteiger partial charge in [0.05, 0.1) is 11.8 Å². The first kappa shape index (κ1) is 24.5. The van der Waals surface area contributed by atoms with Crippen molar-refractivity contribution >= 4 is 28.5 Å². The summed E-state index contributed by atoms with van der Waals surface area (Å²) in [4.78, 5) is 21.3. The number of hydrogen-bond acceptors (Lipinski definition) is 5. The number of benzene rings is 1. The number of aryl methyl sites for hydroxylation is 2. The van der Waals surface area contributed by atoms with Gasteiger partial charge in [0.25, 0.3) is 5.91 Å². The summed E-state index contributed by atoms with van der Waals surface area (Å²) in [6.07, 6.45) is 4.68. The molecule has 2 atom stereocenters. The van der Waals surface area contributed by atoms with E-state index in [4.69, 9.17) is 5.73 Å². The topological polar surface area (TPSA) is 101 Å². The second-order valence-electron chi connectivity index (χ2n) is 7.18. The summed E-state index contributed by atoms with van der Waals surface area (Å²) < 4.78 is 13.9. The molecule has 1 aromatic carbocycles. The van der Waals surface area contributed by atoms with Crippen molar-refractivity contribution in [1.82, 2.24) is 9.29 Å². The van der Waals surface area contributed by atoms with E-state index in [1.165, 1.54) is 4.31 Å². The van der Waals surface area contributed by atoms with E-state index in [0.717, 1.165) is 36.0 Å². The molecule has 3 N–H and O–H groups in total. The van der Waals surface area contributed by atoms with E-state index < -0.39 is 11.0 Å². The molecule has 0 saturated heterocycles. The monoisotopic (exact) mass is 443 g/mol. The summed E-state index contributed by atoms with van der Waals surface area (Å²) in [6, 6.07) is 9.07. The highest BCUT2D eigenvalue weighted by Gasteiger charge is 2.26. The Kier molecular flexibility index (Phi) is 9.18. The highest BCUT2D eigenvalue weighted by molar-refractivity contribution is 7.83. The highest BCUT2D eigenvalue weighted by Crippen LogP contribution is 2.30. The number of pyridine rings is 1. The van der Waals surface area contributed by atoms with Gasteiger partial charge in [-0.05, 0) is 54.7 Å². The zero-order valence-corrected chi connectivity index (χ0v) is 19.8. The Morgan fingerprint density at radius 1 is 1.29 bits per heavy atom. The fourth-order valence-corrected chi connectivity index (χ4v) is 4.17. The van der Waals surface area contributed by atoms with E-state index in [-0.39, 0.29) is 17.9 Å². The number of carbonyl (C=O) groups excluding carboxylic acids is 1. The predicted octanol–water partition coefficient (Wildman–Crippen LogP) is 3.98. The third-order valence-corrected chi connectivity index (χ3v) is 6.32. The average molecular weight is 444 g/mol. The quantitative estimate of drug-likeness (QED) is 0.705. The number of nitrogens with one attached hydrogen (secondary N) is 1. The molecule has 1 aliphatic heterocycles. The molecule has 168 valence electrons. The second kappa shape index (κ2) is 11.6. The van der Waals surface area contributed by atoms with Gasteiger partial charge in [-0.2, -0.15) is 0 Å². The lowest BCUT2D eigenvalue weighted by molar-refractivity contribution is 0.102. The SMILES string of the molecule is CC.CCCCc1ccc(NC(=O)c2ccc(C)cn2)cc1C1CS(=O)N(C)C(N)=N1. The van der Waals surface area contributed by atoms with E-state index >= 15 is 0 Å². The molecule has 1 amide bonds. The van der Waals surface area contributed by atoms with Crippen LogP contribution in [0.3, 0.4) is 0 Å². The van der Waals surface area contributed by atoms with Gasteiger partial charge in [0, 0.05) is 18.9 Å². The molecule has 0 fully saturated rings. The Bertz CT molecular complexity index is 943. The smallest absolute Gasteiger partial charge is 0.274 e. The zero-order chi connectivity index (χ0) is 23.0. The van der Waals surface area contributed by atoms with Crippen LogP contribution < -0.4 is 11.1 Å². The molecule has 2 aromatic rings. The summed E-state index contributed by atoms with van der Waals surface area (Å²) in [5.74, 6) is 0.360. The molecule has 0 bridgehead atoms. The Morgan fingerprint density at radius 3 is 2.65 bits per heavy atom. The fourth-order valence-electron chi connectivity index (χ4n) is 3.16. The first-order valence-corrected chi connectivity index (χ1v) is 12.0. The lowest BCUT2D eigenvalue weighted by Gasteiger charge is -2.27. The standard InChI is InChI=1S/C21H27N5O2S.C2H6/c1-4-5-6-15-8-9-16(24-20(27)18-10-7-14(2)12-23-18)11-17(15)19-13-29(28)26(3)21(22)25-19;1-2/h7-12,19H,4-6,13H2,1-3H3,(H2,22,25)(H,24,27);1-2H3. The van der Waals surface area contributed by atoms with Crippen molar-refractivity contribution < 1.29 is 9.00 Å². The van der Waals surface area contributed by atoms with Crippen LogP contribution in [0.25, 0.3) is 0 Å². The van der Waals surface area contributed by atoms with Gasteiger partial charge in [0.1, 0.15) is 16.7 Å². The minimum absolute atomic E-state index is 0.263. The van der Waals surface area contributed by atoms with Crippen molar-refractivity contribution in [2.45, 2.75) is 53.0 Å². The highest BCUT2D eigenvalue weighted by atomic mass is 32.2. The van der Waals surface area contributed by atoms with Crippen LogP contribution in [-0.2, 0) is 17.4 Å². The Morgan fingerprint density at radius 2 is 2.03 bits per heavy atom. The van der Waals surface area contributed by atoms with Gasteiger partial charge in [0.15, 0.2) is 0 Å². The zero-order valence-electron chi connectivity index (χ0n) is 19.0. The minimum atomic E-state index is -1.23. The van der Waals surface area contributed by atoms with Crippen LogP contribution in [0, 0.1) is 6.92 Å². The number of anilines is 1. The van der Waals surface area contributed by atoms with Crippen LogP contribution >= 0.6 is 0 Å². The molecular weight excluding hydrogens is 410 g/mol. The number of nitrogens with zero attached hydrogens (tertiary/aromatic N) is 3. The number of unbranched alkanes of at least 4 members (excludes halogenated alkanes) is 1. The van der Waals surface area contributed by atoms with Crippen molar-refractivity contribution in [1.29, 1.82) is 0 Å². The van der Waals surface area contributed by atoms with Gasteiger partial charge in [-0.3, -0.25) is 14.1 Å². The molecule has 2 heterocycles. The van der Waals surface area contributed by atoms with Crippen LogP contribution in [0.5, 0.6) is 0 Å². The van der Waals surface area contributed by atoms with Gasteiger partial charge in [0.2, 0.25) is 5.96 Å². The van der Waals surface area contributed by atoms with Crippen LogP contribution in [0.15, 0.2) is 41.5 Å². The summed E-state index contributed by atoms with van der Waals surface area (Å²) in [5.41, 5.74) is 10.1. The number of rotatable bonds is 6. The van der Waals surface area contributed by atoms with E-state index in [2.05, 4.69) is 22.2 Å². The molecule has 31 heavy (non-hydrogen) atoms. The van der Waals surface area contributed by atoms with Gasteiger partial charge in [-0.15, -0.1) is 0 Å². The second-order valence-corrected chi connectivity index (χ2v) is 8.70. The maximum Gasteiger partial charge on any atom is 0.274 e. The van der Waals surface area contributed by atoms with Gasteiger partial charge < -0.3 is 11.1 Å². The van der Waals surface area contributed by atoms with E-state index in [9.17, 15) is 9.00 Å². The van der Waals surface area contributed by atoms with Crippen LogP contribution in [0.4, 0.5) is 5.69 Å². The van der Waals surface area contributed by atoms with Crippen LogP contribution in [0.2, 0.25) is 0 Å². The summed E-state index contributed by atoms with van der Waals surface area (Å²) in [6.45, 7) is 8.07. The van der Waals surface area contributed by atoms with Crippen molar-refractivity contribution in [3.63, 3.8) is 0 Å². The number of carbonyl (C=O) groups is 1. The summed E-state index contributed by atoms with van der Waals surface area (Å²) in [5, 5.41) is 2.90. The van der Waals surface area contributed by atoms with Gasteiger partial charge in [-0.25, -0.2) is 9.20 Å². The third-order valence-electron chi connectivity index (χ3n) is 4.92. The summed E-state index contributed by atoms with van der Waals surface area (Å²) in [7, 11) is 0.446. The molecule has 0 aliphatic carbocycles. The number of guanidine groups is 1. The maximum atomic E-state index is 12.5. The van der Waals surface area contributed by atoms with Gasteiger partial charge >= 0.3 is 0 Å². The molecule has 1 aliphatic rings. The number of amides is 1. The van der Waals surface area contributed by atoms with Crippen LogP contribution in [-0.4, -0.2) is 38.2 Å². The molecule has 1 aromatic heterocycles. The molecule has 0 saturated carbocycles. The third kappa shape index (κ3) is 6.37. The lowest BCUT2D eigenvalue weighted by Crippen LogP contribution is -2.41. The lowest BCUT2D eigenvalue weighted by atomic mass is 9.96. The molecule has 7 nitrogen and oxygen atoms in total. The van der Waals surface area contributed by atoms with Crippen LogP contribution in [0.1, 0.15) is 66.8 Å².